The molecule has 0 radical (unpaired) electrons. The van der Waals surface area contributed by atoms with E-state index in [-0.39, 0.29) is 23.0 Å². The van der Waals surface area contributed by atoms with Crippen molar-refractivity contribution >= 4 is 38.0 Å². The Hall–Kier alpha value is -0.830. The monoisotopic (exact) mass is 318 g/mol. The van der Waals surface area contributed by atoms with Crippen molar-refractivity contribution in [1.29, 1.82) is 0 Å². The molecule has 0 atom stereocenters. The van der Waals surface area contributed by atoms with E-state index in [1.165, 1.54) is 10.4 Å². The minimum atomic E-state index is -3.63. The molecule has 1 aliphatic heterocycles. The van der Waals surface area contributed by atoms with E-state index in [2.05, 4.69) is 0 Å². The average Bonchev–Trinajstić information content (AvgIpc) is 2.39. The molecule has 0 aromatic heterocycles. The Kier molecular flexibility index (Phi) is 4.34. The first-order valence-electron chi connectivity index (χ1n) is 5.67. The lowest BCUT2D eigenvalue weighted by Crippen LogP contribution is -2.42. The van der Waals surface area contributed by atoms with Crippen LogP contribution in [0.2, 0.25) is 0 Å². The highest BCUT2D eigenvalue weighted by atomic mass is 32.2. The summed E-state index contributed by atoms with van der Waals surface area (Å²) < 4.78 is 37.7. The van der Waals surface area contributed by atoms with Crippen LogP contribution in [0.25, 0.3) is 0 Å². The molecule has 1 aliphatic rings. The third-order valence-electron chi connectivity index (χ3n) is 2.91. The van der Waals surface area contributed by atoms with Gasteiger partial charge >= 0.3 is 0 Å². The zero-order chi connectivity index (χ0) is 14.0. The molecule has 0 saturated carbocycles. The van der Waals surface area contributed by atoms with Crippen LogP contribution in [0.4, 0.5) is 0 Å². The number of nitrogens with two attached hydrogens (primary N) is 1. The molecule has 2 rings (SSSR count). The summed E-state index contributed by atoms with van der Waals surface area (Å²) in [5.41, 5.74) is 5.91. The summed E-state index contributed by atoms with van der Waals surface area (Å²) in [6.07, 6.45) is 0. The second-order valence-corrected chi connectivity index (χ2v) is 8.15. The van der Waals surface area contributed by atoms with Crippen LogP contribution in [-0.4, -0.2) is 46.5 Å². The van der Waals surface area contributed by atoms with Gasteiger partial charge in [0, 0.05) is 41.0 Å². The maximum absolute atomic E-state index is 12.5. The SMILES string of the molecule is NC(=S)c1ccccc1S(=O)(=O)N1CCS(=O)CC1. The molecule has 5 nitrogen and oxygen atoms in total. The van der Waals surface area contributed by atoms with Gasteiger partial charge in [0.05, 0.1) is 4.90 Å². The van der Waals surface area contributed by atoms with Gasteiger partial charge in [-0.1, -0.05) is 30.4 Å². The summed E-state index contributed by atoms with van der Waals surface area (Å²) in [5, 5.41) is 0. The van der Waals surface area contributed by atoms with Gasteiger partial charge < -0.3 is 5.73 Å². The lowest BCUT2D eigenvalue weighted by Gasteiger charge is -2.26. The zero-order valence-electron chi connectivity index (χ0n) is 10.1. The number of nitrogens with zero attached hydrogens (tertiary/aromatic N) is 1. The van der Waals surface area contributed by atoms with Crippen LogP contribution < -0.4 is 5.73 Å². The van der Waals surface area contributed by atoms with Crippen molar-refractivity contribution in [2.45, 2.75) is 4.90 Å². The van der Waals surface area contributed by atoms with Gasteiger partial charge in [-0.2, -0.15) is 4.31 Å². The number of hydrogen-bond acceptors (Lipinski definition) is 4. The number of sulfonamides is 1. The smallest absolute Gasteiger partial charge is 0.243 e. The Morgan fingerprint density at radius 3 is 2.42 bits per heavy atom. The van der Waals surface area contributed by atoms with Gasteiger partial charge in [0.15, 0.2) is 0 Å². The summed E-state index contributed by atoms with van der Waals surface area (Å²) in [4.78, 5) is 0.176. The molecule has 8 heteroatoms. The first kappa shape index (κ1) is 14.6. The predicted molar refractivity (Wildman–Crippen MR) is 79.0 cm³/mol. The van der Waals surface area contributed by atoms with Gasteiger partial charge in [0.1, 0.15) is 4.99 Å². The van der Waals surface area contributed by atoms with E-state index in [1.807, 2.05) is 0 Å². The van der Waals surface area contributed by atoms with E-state index in [0.717, 1.165) is 0 Å². The molecule has 0 aliphatic carbocycles. The molecule has 1 aromatic carbocycles. The fourth-order valence-electron chi connectivity index (χ4n) is 1.90. The minimum absolute atomic E-state index is 0.0553. The third kappa shape index (κ3) is 3.02. The van der Waals surface area contributed by atoms with Crippen molar-refractivity contribution in [2.75, 3.05) is 24.6 Å². The fraction of sp³-hybridized carbons (Fsp3) is 0.364. The van der Waals surface area contributed by atoms with Crippen molar-refractivity contribution in [1.82, 2.24) is 4.31 Å². The molecular weight excluding hydrogens is 304 g/mol. The van der Waals surface area contributed by atoms with Crippen LogP contribution in [0.3, 0.4) is 0 Å². The van der Waals surface area contributed by atoms with Crippen molar-refractivity contribution in [2.24, 2.45) is 5.73 Å². The standard InChI is InChI=1S/C11H14N2O3S3/c12-11(17)9-3-1-2-4-10(9)19(15,16)13-5-7-18(14)8-6-13/h1-4H,5-8H2,(H2,12,17). The second-order valence-electron chi connectivity index (χ2n) is 4.11. The topological polar surface area (TPSA) is 80.5 Å². The van der Waals surface area contributed by atoms with E-state index in [1.54, 1.807) is 18.2 Å². The maximum Gasteiger partial charge on any atom is 0.243 e. The third-order valence-corrected chi connectivity index (χ3v) is 6.36. The number of rotatable bonds is 3. The van der Waals surface area contributed by atoms with Crippen LogP contribution in [0, 0.1) is 0 Å². The van der Waals surface area contributed by atoms with Gasteiger partial charge in [0.2, 0.25) is 10.0 Å². The first-order valence-corrected chi connectivity index (χ1v) is 9.00. The molecule has 1 saturated heterocycles. The molecule has 104 valence electrons. The molecule has 1 aromatic rings. The van der Waals surface area contributed by atoms with Crippen LogP contribution in [0.15, 0.2) is 29.2 Å². The summed E-state index contributed by atoms with van der Waals surface area (Å²) >= 11 is 4.88. The summed E-state index contributed by atoms with van der Waals surface area (Å²) in [7, 11) is -4.55. The lowest BCUT2D eigenvalue weighted by molar-refractivity contribution is 0.438. The lowest BCUT2D eigenvalue weighted by atomic mass is 10.2. The highest BCUT2D eigenvalue weighted by Crippen LogP contribution is 2.21. The molecule has 1 heterocycles. The quantitative estimate of drug-likeness (QED) is 0.798. The highest BCUT2D eigenvalue weighted by molar-refractivity contribution is 7.89. The minimum Gasteiger partial charge on any atom is -0.389 e. The molecule has 19 heavy (non-hydrogen) atoms. The second kappa shape index (κ2) is 5.66. The number of benzene rings is 1. The van der Waals surface area contributed by atoms with E-state index in [9.17, 15) is 12.6 Å². The number of hydrogen-bond donors (Lipinski definition) is 1. The molecule has 1 fully saturated rings. The van der Waals surface area contributed by atoms with Crippen LogP contribution in [-0.2, 0) is 20.8 Å². The molecule has 2 N–H and O–H groups in total. The Labute approximate surface area is 120 Å². The van der Waals surface area contributed by atoms with Crippen LogP contribution in [0.1, 0.15) is 5.56 Å². The molecule has 0 spiro atoms. The van der Waals surface area contributed by atoms with E-state index in [4.69, 9.17) is 18.0 Å². The maximum atomic E-state index is 12.5. The van der Waals surface area contributed by atoms with Crippen molar-refractivity contribution < 1.29 is 12.6 Å². The van der Waals surface area contributed by atoms with Gasteiger partial charge in [0.25, 0.3) is 0 Å². The molecule has 0 unspecified atom stereocenters. The fourth-order valence-corrected chi connectivity index (χ4v) is 5.07. The zero-order valence-corrected chi connectivity index (χ0v) is 12.6. The summed E-state index contributed by atoms with van der Waals surface area (Å²) in [6, 6.07) is 6.42. The molecular formula is C11H14N2O3S3. The van der Waals surface area contributed by atoms with Gasteiger partial charge in [-0.05, 0) is 6.07 Å². The van der Waals surface area contributed by atoms with Crippen molar-refractivity contribution in [3.05, 3.63) is 29.8 Å². The Bertz CT molecular complexity index is 618. The highest BCUT2D eigenvalue weighted by Gasteiger charge is 2.30. The van der Waals surface area contributed by atoms with Crippen LogP contribution >= 0.6 is 12.2 Å². The normalized spacial score (nSPS) is 18.3. The van der Waals surface area contributed by atoms with E-state index in [0.29, 0.717) is 17.1 Å². The van der Waals surface area contributed by atoms with E-state index < -0.39 is 20.8 Å². The first-order chi connectivity index (χ1) is 8.93. The molecule has 0 bridgehead atoms. The van der Waals surface area contributed by atoms with Crippen LogP contribution in [0.5, 0.6) is 0 Å². The average molecular weight is 318 g/mol. The van der Waals surface area contributed by atoms with Gasteiger partial charge in [-0.15, -0.1) is 0 Å². The van der Waals surface area contributed by atoms with Gasteiger partial charge in [-0.25, -0.2) is 8.42 Å². The van der Waals surface area contributed by atoms with Gasteiger partial charge in [-0.3, -0.25) is 4.21 Å². The van der Waals surface area contributed by atoms with Crippen molar-refractivity contribution in [3.63, 3.8) is 0 Å². The predicted octanol–water partition coefficient (Wildman–Crippen LogP) is 0.0738. The Morgan fingerprint density at radius 2 is 1.84 bits per heavy atom. The Morgan fingerprint density at radius 1 is 1.26 bits per heavy atom. The number of thiocarbonyl (C=S) groups is 1. The molecule has 0 amide bonds. The van der Waals surface area contributed by atoms with E-state index >= 15 is 0 Å². The Balaban J connectivity index is 2.40. The summed E-state index contributed by atoms with van der Waals surface area (Å²) in [6.45, 7) is 0.529. The van der Waals surface area contributed by atoms with Crippen molar-refractivity contribution in [3.8, 4) is 0 Å². The largest absolute Gasteiger partial charge is 0.389 e. The summed E-state index contributed by atoms with van der Waals surface area (Å²) in [5.74, 6) is 0.739.